The van der Waals surface area contributed by atoms with Crippen LogP contribution in [0.25, 0.3) is 0 Å². The van der Waals surface area contributed by atoms with Crippen molar-refractivity contribution in [2.45, 2.75) is 155 Å². The van der Waals surface area contributed by atoms with Gasteiger partial charge in [-0.15, -0.1) is 0 Å². The van der Waals surface area contributed by atoms with Crippen LogP contribution in [0.3, 0.4) is 0 Å². The highest BCUT2D eigenvalue weighted by atomic mass is 16.3. The van der Waals surface area contributed by atoms with Crippen LogP contribution in [0, 0.1) is 0 Å². The van der Waals surface area contributed by atoms with Gasteiger partial charge in [-0.3, -0.25) is 19.2 Å². The minimum atomic E-state index is -2.14. The fourth-order valence-corrected chi connectivity index (χ4v) is 8.56. The number of aromatic hydroxyl groups is 12. The summed E-state index contributed by atoms with van der Waals surface area (Å²) in [6.45, 7) is 7.65. The number of phenols is 12. The Hall–Kier alpha value is -6.84. The van der Waals surface area contributed by atoms with Crippen molar-refractivity contribution in [1.82, 2.24) is 0 Å². The van der Waals surface area contributed by atoms with Gasteiger partial charge in [0.15, 0.2) is 69.1 Å². The second-order valence-electron chi connectivity index (χ2n) is 17.4. The van der Waals surface area contributed by atoms with Crippen molar-refractivity contribution in [3.63, 3.8) is 0 Å². The minimum Gasteiger partial charge on any atom is -0.504 e. The van der Waals surface area contributed by atoms with Crippen molar-refractivity contribution in [3.8, 4) is 69.0 Å². The highest BCUT2D eigenvalue weighted by Crippen LogP contribution is 2.60. The van der Waals surface area contributed by atoms with Gasteiger partial charge in [0.2, 0.25) is 23.0 Å². The molecule has 0 aliphatic heterocycles. The lowest BCUT2D eigenvalue weighted by Crippen LogP contribution is -2.19. The van der Waals surface area contributed by atoms with E-state index >= 15 is 0 Å². The summed E-state index contributed by atoms with van der Waals surface area (Å²) >= 11 is 0. The summed E-state index contributed by atoms with van der Waals surface area (Å²) in [6.07, 6.45) is 7.46. The molecule has 4 aromatic carbocycles. The summed E-state index contributed by atoms with van der Waals surface area (Å²) in [5.74, 6) is -21.6. The van der Waals surface area contributed by atoms with Crippen molar-refractivity contribution < 1.29 is 80.5 Å². The molecule has 0 saturated carbocycles. The highest BCUT2D eigenvalue weighted by Gasteiger charge is 2.42. The van der Waals surface area contributed by atoms with E-state index in [4.69, 9.17) is 0 Å². The van der Waals surface area contributed by atoms with Gasteiger partial charge in [0.1, 0.15) is 0 Å². The number of carbonyl (C=O) groups is 4. The molecular formula is C52H66O16. The number of ketones is 4. The van der Waals surface area contributed by atoms with Gasteiger partial charge in [-0.2, -0.15) is 0 Å². The van der Waals surface area contributed by atoms with Crippen LogP contribution in [0.4, 0.5) is 0 Å². The first-order valence-corrected chi connectivity index (χ1v) is 23.5. The van der Waals surface area contributed by atoms with Crippen LogP contribution in [0.2, 0.25) is 0 Å². The Balaban J connectivity index is 2.32. The third-order valence-electron chi connectivity index (χ3n) is 12.5. The molecule has 16 heteroatoms. The molecule has 68 heavy (non-hydrogen) atoms. The molecule has 4 rings (SSSR count). The Morgan fingerprint density at radius 2 is 0.485 bits per heavy atom. The lowest BCUT2D eigenvalue weighted by Gasteiger charge is -2.33. The summed E-state index contributed by atoms with van der Waals surface area (Å²) < 4.78 is 0. The number of unbranched alkanes of at least 4 members (excludes halogenated alkanes) is 10. The van der Waals surface area contributed by atoms with Crippen LogP contribution in [0.15, 0.2) is 24.3 Å². The Labute approximate surface area is 395 Å². The molecule has 0 bridgehead atoms. The maximum absolute atomic E-state index is 13.9. The molecule has 370 valence electrons. The zero-order chi connectivity index (χ0) is 50.6. The normalized spacial score (nSPS) is 11.4. The van der Waals surface area contributed by atoms with E-state index in [9.17, 15) is 80.5 Å². The largest absolute Gasteiger partial charge is 0.504 e. The Bertz CT molecular complexity index is 2320. The van der Waals surface area contributed by atoms with Gasteiger partial charge in [0.05, 0.1) is 22.3 Å². The van der Waals surface area contributed by atoms with Crippen molar-refractivity contribution in [2.24, 2.45) is 0 Å². The predicted octanol–water partition coefficient (Wildman–Crippen LogP) is 10.9. The molecule has 16 nitrogen and oxygen atoms in total. The molecule has 0 aromatic heterocycles. The summed E-state index contributed by atoms with van der Waals surface area (Å²) in [5.41, 5.74) is -4.98. The van der Waals surface area contributed by atoms with Gasteiger partial charge in [0.25, 0.3) is 0 Å². The molecule has 0 unspecified atom stereocenters. The number of rotatable bonds is 27. The molecule has 0 aliphatic carbocycles. The van der Waals surface area contributed by atoms with Gasteiger partial charge in [-0.25, -0.2) is 0 Å². The Kier molecular flexibility index (Phi) is 19.2. The first kappa shape index (κ1) is 53.8. The van der Waals surface area contributed by atoms with Crippen molar-refractivity contribution in [3.05, 3.63) is 68.8 Å². The van der Waals surface area contributed by atoms with E-state index in [0.29, 0.717) is 64.2 Å². The molecule has 0 heterocycles. The number of Topliss-reactive ketones (excluding diaryl/α,β-unsaturated/α-hetero) is 4. The average molecular weight is 947 g/mol. The molecule has 12 N–H and O–H groups in total. The summed E-state index contributed by atoms with van der Waals surface area (Å²) in [4.78, 5) is 55.5. The SMILES string of the molecule is CCCCCCC(=O)c1cc(C(c2cc(C(=O)CCCCCC)c(O)c(O)c2O)C(c2cc(C(=O)CCCCC)c(O)c(O)c2O)c2cc(C(=O)CCCCC)c(O)c(O)c2O)c(O)c(O)c1O. The molecule has 0 amide bonds. The zero-order valence-corrected chi connectivity index (χ0v) is 39.2. The summed E-state index contributed by atoms with van der Waals surface area (Å²) in [7, 11) is 0. The smallest absolute Gasteiger partial charge is 0.201 e. The molecule has 4 aromatic rings. The van der Waals surface area contributed by atoms with Crippen LogP contribution in [0.5, 0.6) is 69.0 Å². The molecular weight excluding hydrogens is 881 g/mol. The summed E-state index contributed by atoms with van der Waals surface area (Å²) in [5, 5.41) is 138. The maximum atomic E-state index is 13.9. The van der Waals surface area contributed by atoms with Gasteiger partial charge in [-0.05, 0) is 49.9 Å². The van der Waals surface area contributed by atoms with E-state index in [1.54, 1.807) is 0 Å². The average Bonchev–Trinajstić information content (AvgIpc) is 3.31. The topological polar surface area (TPSA) is 311 Å². The first-order chi connectivity index (χ1) is 32.3. The lowest BCUT2D eigenvalue weighted by atomic mass is 9.70. The third-order valence-corrected chi connectivity index (χ3v) is 12.5. The van der Waals surface area contributed by atoms with Gasteiger partial charge in [0, 0.05) is 59.8 Å². The summed E-state index contributed by atoms with van der Waals surface area (Å²) in [6, 6.07) is 3.61. The van der Waals surface area contributed by atoms with E-state index in [-0.39, 0.29) is 25.7 Å². The van der Waals surface area contributed by atoms with Crippen molar-refractivity contribution in [2.75, 3.05) is 0 Å². The molecule has 0 saturated heterocycles. The van der Waals surface area contributed by atoms with E-state index in [1.807, 2.05) is 27.7 Å². The zero-order valence-electron chi connectivity index (χ0n) is 39.2. The number of benzene rings is 4. The fourth-order valence-electron chi connectivity index (χ4n) is 8.56. The Morgan fingerprint density at radius 3 is 0.691 bits per heavy atom. The van der Waals surface area contributed by atoms with Crippen LogP contribution in [-0.2, 0) is 0 Å². The minimum absolute atomic E-state index is 0.181. The van der Waals surface area contributed by atoms with E-state index in [0.717, 1.165) is 49.9 Å². The number of phenolic OH excluding ortho intramolecular Hbond substituents is 12. The van der Waals surface area contributed by atoms with Crippen LogP contribution >= 0.6 is 0 Å². The third kappa shape index (κ3) is 11.6. The van der Waals surface area contributed by atoms with Crippen molar-refractivity contribution in [1.29, 1.82) is 0 Å². The van der Waals surface area contributed by atoms with Gasteiger partial charge in [-0.1, -0.05) is 91.9 Å². The van der Waals surface area contributed by atoms with E-state index in [2.05, 4.69) is 0 Å². The van der Waals surface area contributed by atoms with Crippen LogP contribution < -0.4 is 0 Å². The second-order valence-corrected chi connectivity index (χ2v) is 17.4. The number of hydrogen-bond acceptors (Lipinski definition) is 16. The highest BCUT2D eigenvalue weighted by molar-refractivity contribution is 6.03. The predicted molar refractivity (Wildman–Crippen MR) is 253 cm³/mol. The Morgan fingerprint density at radius 1 is 0.294 bits per heavy atom. The molecule has 0 spiro atoms. The number of carbonyl (C=O) groups excluding carboxylic acids is 4. The maximum Gasteiger partial charge on any atom is 0.201 e. The van der Waals surface area contributed by atoms with Crippen LogP contribution in [0.1, 0.15) is 219 Å². The number of hydrogen-bond donors (Lipinski definition) is 12. The first-order valence-electron chi connectivity index (χ1n) is 23.5. The fraction of sp³-hybridized carbons (Fsp3) is 0.462. The standard InChI is InChI=1S/C52H66O16/c1-5-9-13-17-21-37(55)29-25-33(47(63)51(67)43(29)59)40(34-26-30(44(60)52(68)48(34)64)38(56)22-18-14-10-6-2)39(31-23-27(35(53)19-15-11-7-3)41(57)49(65)45(31)61)32-24-28(36(54)20-16-12-8-4)42(58)50(66)46(32)62/h23-26,39-40,57-68H,5-22H2,1-4H3. The van der Waals surface area contributed by atoms with E-state index < -0.39 is 148 Å². The molecule has 0 atom stereocenters. The second kappa shape index (κ2) is 24.3. The van der Waals surface area contributed by atoms with Crippen molar-refractivity contribution >= 4 is 23.1 Å². The molecule has 0 radical (unpaired) electrons. The molecule has 0 fully saturated rings. The van der Waals surface area contributed by atoms with Crippen LogP contribution in [-0.4, -0.2) is 84.4 Å². The van der Waals surface area contributed by atoms with Gasteiger partial charge >= 0.3 is 0 Å². The lowest BCUT2D eigenvalue weighted by molar-refractivity contribution is 0.0967. The monoisotopic (exact) mass is 946 g/mol. The van der Waals surface area contributed by atoms with E-state index in [1.165, 1.54) is 0 Å². The molecule has 0 aliphatic rings. The quantitative estimate of drug-likeness (QED) is 0.0150. The van der Waals surface area contributed by atoms with Gasteiger partial charge < -0.3 is 61.3 Å².